The van der Waals surface area contributed by atoms with Crippen LogP contribution in [0.5, 0.6) is 0 Å². The third kappa shape index (κ3) is 4.10. The molecule has 0 aliphatic rings. The van der Waals surface area contributed by atoms with Crippen LogP contribution in [-0.4, -0.2) is 33.3 Å². The molecule has 0 spiro atoms. The van der Waals surface area contributed by atoms with E-state index in [0.29, 0.717) is 23.5 Å². The quantitative estimate of drug-likeness (QED) is 0.711. The Kier molecular flexibility index (Phi) is 5.06. The number of nitrogens with one attached hydrogen (secondary N) is 1. The van der Waals surface area contributed by atoms with Gasteiger partial charge in [-0.25, -0.2) is 0 Å². The number of carbonyl (C=O) groups is 2. The van der Waals surface area contributed by atoms with Crippen molar-refractivity contribution in [3.8, 4) is 6.07 Å². The summed E-state index contributed by atoms with van der Waals surface area (Å²) in [4.78, 5) is 22.3. The summed E-state index contributed by atoms with van der Waals surface area (Å²) in [7, 11) is 0. The number of nitriles is 1. The molecule has 0 saturated heterocycles. The number of carboxylic acid groups (broad SMARTS) is 1. The minimum Gasteiger partial charge on any atom is -0.481 e. The lowest BCUT2D eigenvalue weighted by Crippen LogP contribution is -2.29. The number of nitrogens with zero attached hydrogens (tertiary/aromatic N) is 3. The zero-order valence-corrected chi connectivity index (χ0v) is 10.9. The van der Waals surface area contributed by atoms with Crippen LogP contribution in [0.1, 0.15) is 23.4 Å². The third-order valence-electron chi connectivity index (χ3n) is 2.71. The fourth-order valence-corrected chi connectivity index (χ4v) is 1.74. The summed E-state index contributed by atoms with van der Waals surface area (Å²) in [6.07, 6.45) is 0.154. The molecule has 0 atom stereocenters. The molecule has 7 nitrogen and oxygen atoms in total. The van der Waals surface area contributed by atoms with Crippen LogP contribution >= 0.6 is 0 Å². The van der Waals surface area contributed by atoms with Gasteiger partial charge in [0.25, 0.3) is 0 Å². The normalized spacial score (nSPS) is 9.95. The highest BCUT2D eigenvalue weighted by molar-refractivity contribution is 5.76. The van der Waals surface area contributed by atoms with Gasteiger partial charge in [0.2, 0.25) is 5.91 Å². The summed E-state index contributed by atoms with van der Waals surface area (Å²) < 4.78 is 1.48. The van der Waals surface area contributed by atoms with E-state index in [2.05, 4.69) is 10.4 Å². The molecule has 0 bridgehead atoms. The average molecular weight is 264 g/mol. The molecule has 19 heavy (non-hydrogen) atoms. The molecule has 1 aromatic heterocycles. The van der Waals surface area contributed by atoms with Crippen LogP contribution in [0.3, 0.4) is 0 Å². The lowest BCUT2D eigenvalue weighted by Gasteiger charge is -2.05. The van der Waals surface area contributed by atoms with Crippen molar-refractivity contribution >= 4 is 11.9 Å². The van der Waals surface area contributed by atoms with Gasteiger partial charge in [0.1, 0.15) is 6.54 Å². The number of carboxylic acids is 1. The molecule has 1 rings (SSSR count). The number of hydrogen-bond donors (Lipinski definition) is 2. The first-order valence-electron chi connectivity index (χ1n) is 5.84. The highest BCUT2D eigenvalue weighted by Crippen LogP contribution is 2.13. The fraction of sp³-hybridized carbons (Fsp3) is 0.500. The maximum atomic E-state index is 11.6. The molecule has 0 fully saturated rings. The fourth-order valence-electron chi connectivity index (χ4n) is 1.74. The van der Waals surface area contributed by atoms with Crippen molar-refractivity contribution in [1.29, 1.82) is 5.26 Å². The highest BCUT2D eigenvalue weighted by Gasteiger charge is 2.15. The van der Waals surface area contributed by atoms with Gasteiger partial charge in [-0.1, -0.05) is 0 Å². The Morgan fingerprint density at radius 1 is 1.47 bits per heavy atom. The third-order valence-corrected chi connectivity index (χ3v) is 2.71. The van der Waals surface area contributed by atoms with Gasteiger partial charge in [-0.05, 0) is 13.8 Å². The first-order valence-corrected chi connectivity index (χ1v) is 5.84. The number of aryl methyl sites for hydroxylation is 1. The first-order chi connectivity index (χ1) is 8.95. The predicted octanol–water partition coefficient (Wildman–Crippen LogP) is 0.157. The summed E-state index contributed by atoms with van der Waals surface area (Å²) in [6, 6.07) is 1.93. The van der Waals surface area contributed by atoms with Crippen molar-refractivity contribution in [2.45, 2.75) is 33.2 Å². The van der Waals surface area contributed by atoms with Crippen molar-refractivity contribution in [3.05, 3.63) is 17.0 Å². The van der Waals surface area contributed by atoms with Crippen LogP contribution in [0.15, 0.2) is 0 Å². The molecule has 1 aromatic rings. The Balaban J connectivity index is 2.72. The summed E-state index contributed by atoms with van der Waals surface area (Å²) >= 11 is 0. The molecule has 2 N–H and O–H groups in total. The highest BCUT2D eigenvalue weighted by atomic mass is 16.4. The minimum absolute atomic E-state index is 0.0255. The maximum Gasteiger partial charge on any atom is 0.307 e. The van der Waals surface area contributed by atoms with Crippen LogP contribution in [0.2, 0.25) is 0 Å². The monoisotopic (exact) mass is 264 g/mol. The molecule has 0 aliphatic heterocycles. The number of carbonyl (C=O) groups excluding carboxylic acids is 1. The SMILES string of the molecule is Cc1nn(CC(=O)NCCC#N)c(C)c1CC(=O)O. The second-order valence-electron chi connectivity index (χ2n) is 4.14. The molecule has 102 valence electrons. The molecule has 0 saturated carbocycles. The summed E-state index contributed by atoms with van der Waals surface area (Å²) in [5.74, 6) is -1.17. The second-order valence-corrected chi connectivity index (χ2v) is 4.14. The van der Waals surface area contributed by atoms with Crippen molar-refractivity contribution in [2.75, 3.05) is 6.54 Å². The number of aromatic nitrogens is 2. The van der Waals surface area contributed by atoms with Gasteiger partial charge >= 0.3 is 5.97 Å². The number of amides is 1. The molecule has 1 heterocycles. The van der Waals surface area contributed by atoms with E-state index in [-0.39, 0.29) is 25.3 Å². The molecule has 0 aliphatic carbocycles. The van der Waals surface area contributed by atoms with Crippen LogP contribution < -0.4 is 5.32 Å². The van der Waals surface area contributed by atoms with E-state index in [1.165, 1.54) is 4.68 Å². The zero-order valence-electron chi connectivity index (χ0n) is 10.9. The molecule has 1 amide bonds. The first kappa shape index (κ1) is 14.7. The van der Waals surface area contributed by atoms with Gasteiger partial charge in [0, 0.05) is 17.8 Å². The van der Waals surface area contributed by atoms with E-state index in [9.17, 15) is 9.59 Å². The molecule has 0 aromatic carbocycles. The lowest BCUT2D eigenvalue weighted by molar-refractivity contribution is -0.136. The van der Waals surface area contributed by atoms with Crippen LogP contribution in [0.25, 0.3) is 0 Å². The molecule has 7 heteroatoms. The summed E-state index contributed by atoms with van der Waals surface area (Å²) in [5, 5.41) is 23.9. The van der Waals surface area contributed by atoms with E-state index in [4.69, 9.17) is 10.4 Å². The molecule has 0 unspecified atom stereocenters. The smallest absolute Gasteiger partial charge is 0.307 e. The second kappa shape index (κ2) is 6.54. The Morgan fingerprint density at radius 2 is 2.16 bits per heavy atom. The van der Waals surface area contributed by atoms with E-state index in [0.717, 1.165) is 0 Å². The minimum atomic E-state index is -0.927. The van der Waals surface area contributed by atoms with Crippen LogP contribution in [0.4, 0.5) is 0 Å². The van der Waals surface area contributed by atoms with Crippen LogP contribution in [0, 0.1) is 25.2 Å². The standard InChI is InChI=1S/C12H16N4O3/c1-8-10(6-12(18)19)9(2)16(15-8)7-11(17)14-5-3-4-13/h3,5-7H2,1-2H3,(H,14,17)(H,18,19). The summed E-state index contributed by atoms with van der Waals surface area (Å²) in [5.41, 5.74) is 1.93. The van der Waals surface area contributed by atoms with Gasteiger partial charge in [-0.15, -0.1) is 0 Å². The van der Waals surface area contributed by atoms with E-state index >= 15 is 0 Å². The van der Waals surface area contributed by atoms with Gasteiger partial charge in [-0.3, -0.25) is 14.3 Å². The number of aliphatic carboxylic acids is 1. The topological polar surface area (TPSA) is 108 Å². The maximum absolute atomic E-state index is 11.6. The predicted molar refractivity (Wildman–Crippen MR) is 66.3 cm³/mol. The molecule has 0 radical (unpaired) electrons. The summed E-state index contributed by atoms with van der Waals surface area (Å²) in [6.45, 7) is 3.78. The van der Waals surface area contributed by atoms with Gasteiger partial charge in [0.15, 0.2) is 0 Å². The van der Waals surface area contributed by atoms with E-state index < -0.39 is 5.97 Å². The Labute approximate surface area is 110 Å². The Hall–Kier alpha value is -2.36. The van der Waals surface area contributed by atoms with Crippen molar-refractivity contribution in [2.24, 2.45) is 0 Å². The van der Waals surface area contributed by atoms with Crippen molar-refractivity contribution < 1.29 is 14.7 Å². The van der Waals surface area contributed by atoms with Crippen molar-refractivity contribution in [3.63, 3.8) is 0 Å². The number of hydrogen-bond acceptors (Lipinski definition) is 4. The lowest BCUT2D eigenvalue weighted by atomic mass is 10.1. The average Bonchev–Trinajstić information content (AvgIpc) is 2.57. The van der Waals surface area contributed by atoms with E-state index in [1.807, 2.05) is 6.07 Å². The van der Waals surface area contributed by atoms with Gasteiger partial charge in [-0.2, -0.15) is 10.4 Å². The molecular weight excluding hydrogens is 248 g/mol. The van der Waals surface area contributed by atoms with Crippen molar-refractivity contribution in [1.82, 2.24) is 15.1 Å². The van der Waals surface area contributed by atoms with Gasteiger partial charge < -0.3 is 10.4 Å². The largest absolute Gasteiger partial charge is 0.481 e. The van der Waals surface area contributed by atoms with Gasteiger partial charge in [0.05, 0.1) is 24.6 Å². The Morgan fingerprint density at radius 3 is 2.74 bits per heavy atom. The Bertz CT molecular complexity index is 528. The van der Waals surface area contributed by atoms with Crippen LogP contribution in [-0.2, 0) is 22.6 Å². The van der Waals surface area contributed by atoms with E-state index in [1.54, 1.807) is 13.8 Å². The molecular formula is C12H16N4O3. The zero-order chi connectivity index (χ0) is 14.4. The number of rotatable bonds is 6.